The molecule has 1 heterocycles. The molecule has 3 nitrogen and oxygen atoms in total. The first-order valence-corrected chi connectivity index (χ1v) is 7.47. The van der Waals surface area contributed by atoms with Crippen molar-refractivity contribution in [3.63, 3.8) is 0 Å². The maximum atomic E-state index is 12.0. The molecule has 1 unspecified atom stereocenters. The summed E-state index contributed by atoms with van der Waals surface area (Å²) in [5, 5.41) is 3.40. The van der Waals surface area contributed by atoms with Crippen LogP contribution in [-0.2, 0) is 4.79 Å². The van der Waals surface area contributed by atoms with Gasteiger partial charge in [-0.2, -0.15) is 11.8 Å². The molecule has 2 rings (SSSR count). The summed E-state index contributed by atoms with van der Waals surface area (Å²) < 4.78 is 0.444. The minimum atomic E-state index is -0.0114. The van der Waals surface area contributed by atoms with Crippen LogP contribution in [-0.4, -0.2) is 47.5 Å². The minimum Gasteiger partial charge on any atom is -0.341 e. The molecule has 1 aliphatic carbocycles. The van der Waals surface area contributed by atoms with Gasteiger partial charge in [0.2, 0.25) is 5.91 Å². The van der Waals surface area contributed by atoms with Crippen molar-refractivity contribution in [2.75, 3.05) is 25.9 Å². The van der Waals surface area contributed by atoms with Crippen molar-refractivity contribution in [1.29, 1.82) is 0 Å². The molecule has 0 aromatic rings. The fraction of sp³-hybridized carbons (Fsp3) is 0.917. The highest BCUT2D eigenvalue weighted by Gasteiger charge is 2.42. The first kappa shape index (κ1) is 12.2. The standard InChI is InChI=1S/C12H22N2OS/c1-10(11(15)14-7-3-4-8-14)13-9-12(16-2)5-6-12/h10,13H,3-9H2,1-2H3. The summed E-state index contributed by atoms with van der Waals surface area (Å²) >= 11 is 1.94. The molecule has 1 atom stereocenters. The molecule has 0 bridgehead atoms. The Bertz CT molecular complexity index is 260. The molecular formula is C12H22N2OS. The number of hydrogen-bond acceptors (Lipinski definition) is 3. The van der Waals surface area contributed by atoms with Crippen LogP contribution in [0.4, 0.5) is 0 Å². The van der Waals surface area contributed by atoms with Crippen LogP contribution in [0.2, 0.25) is 0 Å². The van der Waals surface area contributed by atoms with Crippen molar-refractivity contribution < 1.29 is 4.79 Å². The Kier molecular flexibility index (Phi) is 3.80. The molecule has 92 valence electrons. The van der Waals surface area contributed by atoms with E-state index in [9.17, 15) is 4.79 Å². The number of carbonyl (C=O) groups excluding carboxylic acids is 1. The first-order chi connectivity index (χ1) is 7.67. The molecule has 1 saturated heterocycles. The molecule has 0 spiro atoms. The smallest absolute Gasteiger partial charge is 0.239 e. The number of nitrogens with one attached hydrogen (secondary N) is 1. The van der Waals surface area contributed by atoms with Crippen LogP contribution in [0.1, 0.15) is 32.6 Å². The lowest BCUT2D eigenvalue weighted by Crippen LogP contribution is -2.45. The van der Waals surface area contributed by atoms with Crippen LogP contribution >= 0.6 is 11.8 Å². The molecule has 2 aliphatic rings. The average molecular weight is 242 g/mol. The van der Waals surface area contributed by atoms with Gasteiger partial charge in [-0.05, 0) is 38.9 Å². The second-order valence-electron chi connectivity index (χ2n) is 5.02. The van der Waals surface area contributed by atoms with Gasteiger partial charge in [0.05, 0.1) is 6.04 Å². The van der Waals surface area contributed by atoms with Crippen LogP contribution in [0.3, 0.4) is 0 Å². The molecule has 16 heavy (non-hydrogen) atoms. The lowest BCUT2D eigenvalue weighted by atomic mass is 10.2. The highest BCUT2D eigenvalue weighted by Crippen LogP contribution is 2.46. The lowest BCUT2D eigenvalue weighted by Gasteiger charge is -2.23. The van der Waals surface area contributed by atoms with Gasteiger partial charge in [-0.15, -0.1) is 0 Å². The van der Waals surface area contributed by atoms with E-state index in [0.717, 1.165) is 19.6 Å². The zero-order valence-electron chi connectivity index (χ0n) is 10.3. The maximum absolute atomic E-state index is 12.0. The van der Waals surface area contributed by atoms with Gasteiger partial charge in [0.15, 0.2) is 0 Å². The number of carbonyl (C=O) groups is 1. The third kappa shape index (κ3) is 2.72. The van der Waals surface area contributed by atoms with Crippen molar-refractivity contribution in [1.82, 2.24) is 10.2 Å². The number of hydrogen-bond donors (Lipinski definition) is 1. The highest BCUT2D eigenvalue weighted by molar-refractivity contribution is 8.00. The zero-order chi connectivity index (χ0) is 11.6. The molecule has 4 heteroatoms. The van der Waals surface area contributed by atoms with Crippen LogP contribution in [0.15, 0.2) is 0 Å². The highest BCUT2D eigenvalue weighted by atomic mass is 32.2. The number of nitrogens with zero attached hydrogens (tertiary/aromatic N) is 1. The fourth-order valence-corrected chi connectivity index (χ4v) is 2.97. The third-order valence-electron chi connectivity index (χ3n) is 3.76. The predicted octanol–water partition coefficient (Wildman–Crippen LogP) is 1.48. The van der Waals surface area contributed by atoms with Gasteiger partial charge in [-0.25, -0.2) is 0 Å². The molecule has 1 saturated carbocycles. The van der Waals surface area contributed by atoms with Crippen molar-refractivity contribution >= 4 is 17.7 Å². The Morgan fingerprint density at radius 1 is 1.44 bits per heavy atom. The number of likely N-dealkylation sites (tertiary alicyclic amines) is 1. The van der Waals surface area contributed by atoms with E-state index in [0.29, 0.717) is 4.75 Å². The number of thioether (sulfide) groups is 1. The van der Waals surface area contributed by atoms with Gasteiger partial charge in [0, 0.05) is 24.4 Å². The quantitative estimate of drug-likeness (QED) is 0.792. The Hall–Kier alpha value is -0.220. The molecule has 0 aromatic carbocycles. The van der Waals surface area contributed by atoms with E-state index in [2.05, 4.69) is 11.6 Å². The average Bonchev–Trinajstić information content (AvgIpc) is 2.88. The van der Waals surface area contributed by atoms with Crippen LogP contribution in [0, 0.1) is 0 Å². The Morgan fingerprint density at radius 3 is 2.56 bits per heavy atom. The van der Waals surface area contributed by atoms with Crippen LogP contribution < -0.4 is 5.32 Å². The Morgan fingerprint density at radius 2 is 2.06 bits per heavy atom. The third-order valence-corrected chi connectivity index (χ3v) is 5.18. The maximum Gasteiger partial charge on any atom is 0.239 e. The normalized spacial score (nSPS) is 24.5. The first-order valence-electron chi connectivity index (χ1n) is 6.24. The molecule has 1 amide bonds. The van der Waals surface area contributed by atoms with Crippen molar-refractivity contribution in [3.8, 4) is 0 Å². The van der Waals surface area contributed by atoms with Gasteiger partial charge >= 0.3 is 0 Å². The SMILES string of the molecule is CSC1(CNC(C)C(=O)N2CCCC2)CC1. The largest absolute Gasteiger partial charge is 0.341 e. The summed E-state index contributed by atoms with van der Waals surface area (Å²) in [4.78, 5) is 14.0. The van der Waals surface area contributed by atoms with Gasteiger partial charge < -0.3 is 10.2 Å². The monoisotopic (exact) mass is 242 g/mol. The van der Waals surface area contributed by atoms with E-state index in [-0.39, 0.29) is 11.9 Å². The van der Waals surface area contributed by atoms with Crippen molar-refractivity contribution in [2.24, 2.45) is 0 Å². The summed E-state index contributed by atoms with van der Waals surface area (Å²) in [6.07, 6.45) is 7.11. The number of rotatable bonds is 5. The summed E-state index contributed by atoms with van der Waals surface area (Å²) in [6.45, 7) is 4.89. The van der Waals surface area contributed by atoms with Gasteiger partial charge in [-0.1, -0.05) is 0 Å². The van der Waals surface area contributed by atoms with Crippen LogP contribution in [0.5, 0.6) is 0 Å². The van der Waals surface area contributed by atoms with E-state index >= 15 is 0 Å². The lowest BCUT2D eigenvalue weighted by molar-refractivity contribution is -0.131. The van der Waals surface area contributed by atoms with E-state index < -0.39 is 0 Å². The van der Waals surface area contributed by atoms with E-state index in [1.165, 1.54) is 25.7 Å². The Balaban J connectivity index is 1.74. The van der Waals surface area contributed by atoms with Gasteiger partial charge in [0.25, 0.3) is 0 Å². The molecule has 1 N–H and O–H groups in total. The topological polar surface area (TPSA) is 32.3 Å². The molecule has 0 radical (unpaired) electrons. The Labute approximate surface area is 102 Å². The van der Waals surface area contributed by atoms with Gasteiger partial charge in [-0.3, -0.25) is 4.79 Å². The van der Waals surface area contributed by atoms with E-state index in [4.69, 9.17) is 0 Å². The summed E-state index contributed by atoms with van der Waals surface area (Å²) in [6, 6.07) is -0.0114. The summed E-state index contributed by atoms with van der Waals surface area (Å²) in [5.41, 5.74) is 0. The van der Waals surface area contributed by atoms with E-state index in [1.54, 1.807) is 0 Å². The van der Waals surface area contributed by atoms with Crippen molar-refractivity contribution in [2.45, 2.75) is 43.4 Å². The summed E-state index contributed by atoms with van der Waals surface area (Å²) in [5.74, 6) is 0.286. The second-order valence-corrected chi connectivity index (χ2v) is 6.30. The second kappa shape index (κ2) is 4.96. The molecule has 2 fully saturated rings. The van der Waals surface area contributed by atoms with Crippen LogP contribution in [0.25, 0.3) is 0 Å². The molecule has 0 aromatic heterocycles. The van der Waals surface area contributed by atoms with E-state index in [1.807, 2.05) is 23.6 Å². The molecule has 1 aliphatic heterocycles. The predicted molar refractivity (Wildman–Crippen MR) is 68.8 cm³/mol. The number of amides is 1. The fourth-order valence-electron chi connectivity index (χ4n) is 2.23. The zero-order valence-corrected chi connectivity index (χ0v) is 11.1. The minimum absolute atomic E-state index is 0.0114. The van der Waals surface area contributed by atoms with Gasteiger partial charge in [0.1, 0.15) is 0 Å². The molecular weight excluding hydrogens is 220 g/mol. The summed E-state index contributed by atoms with van der Waals surface area (Å²) in [7, 11) is 0. The van der Waals surface area contributed by atoms with Crippen molar-refractivity contribution in [3.05, 3.63) is 0 Å².